The van der Waals surface area contributed by atoms with Crippen LogP contribution >= 0.6 is 15.9 Å². The molecule has 7 nitrogen and oxygen atoms in total. The van der Waals surface area contributed by atoms with Gasteiger partial charge in [0.2, 0.25) is 0 Å². The third-order valence-corrected chi connectivity index (χ3v) is 4.06. The molecule has 1 N–H and O–H groups in total. The van der Waals surface area contributed by atoms with Crippen molar-refractivity contribution in [2.75, 3.05) is 11.9 Å². The first-order valence-corrected chi connectivity index (χ1v) is 8.28. The summed E-state index contributed by atoms with van der Waals surface area (Å²) < 4.78 is 7.54. The Kier molecular flexibility index (Phi) is 4.80. The summed E-state index contributed by atoms with van der Waals surface area (Å²) in [6, 6.07) is 7.19. The van der Waals surface area contributed by atoms with Crippen molar-refractivity contribution in [1.82, 2.24) is 14.6 Å². The van der Waals surface area contributed by atoms with Crippen LogP contribution in [-0.4, -0.2) is 33.1 Å². The molecule has 0 fully saturated rings. The molecule has 0 atom stereocenters. The zero-order valence-corrected chi connectivity index (χ0v) is 15.2. The molecular formula is C17H15BrN4O3. The number of nitrogens with one attached hydrogen (secondary N) is 1. The van der Waals surface area contributed by atoms with E-state index in [1.807, 2.05) is 19.1 Å². The lowest BCUT2D eigenvalue weighted by Crippen LogP contribution is -2.21. The number of nitrogens with zero attached hydrogens (tertiary/aromatic N) is 3. The zero-order valence-electron chi connectivity index (χ0n) is 13.6. The smallest absolute Gasteiger partial charge is 0.344 e. The van der Waals surface area contributed by atoms with Crippen LogP contribution in [0.4, 0.5) is 5.69 Å². The molecule has 2 aromatic heterocycles. The molecule has 0 aliphatic carbocycles. The molecule has 0 radical (unpaired) electrons. The lowest BCUT2D eigenvalue weighted by Gasteiger charge is -2.09. The molecule has 3 rings (SSSR count). The second kappa shape index (κ2) is 7.02. The summed E-state index contributed by atoms with van der Waals surface area (Å²) in [7, 11) is 0. The maximum Gasteiger partial charge on any atom is 0.344 e. The standard InChI is InChI=1S/C17H15BrN4O3/c1-10-8-12(18)4-5-13(10)20-14(23)9-25-17(24)15-11(2)21-22-7-3-6-19-16(15)22/h3-8H,9H2,1-2H3,(H,20,23). The third-order valence-electron chi connectivity index (χ3n) is 3.57. The fourth-order valence-corrected chi connectivity index (χ4v) is 2.87. The van der Waals surface area contributed by atoms with E-state index in [0.29, 0.717) is 17.0 Å². The average molecular weight is 403 g/mol. The van der Waals surface area contributed by atoms with Crippen LogP contribution in [0.15, 0.2) is 41.1 Å². The Labute approximate surface area is 152 Å². The minimum atomic E-state index is -0.631. The van der Waals surface area contributed by atoms with E-state index in [-0.39, 0.29) is 5.56 Å². The van der Waals surface area contributed by atoms with Gasteiger partial charge in [-0.2, -0.15) is 5.10 Å². The van der Waals surface area contributed by atoms with Gasteiger partial charge in [-0.3, -0.25) is 4.79 Å². The zero-order chi connectivity index (χ0) is 18.0. The number of rotatable bonds is 4. The number of aryl methyl sites for hydroxylation is 2. The van der Waals surface area contributed by atoms with Crippen LogP contribution in [0.5, 0.6) is 0 Å². The van der Waals surface area contributed by atoms with Crippen LogP contribution in [0.1, 0.15) is 21.6 Å². The van der Waals surface area contributed by atoms with E-state index in [1.165, 1.54) is 4.52 Å². The number of ether oxygens (including phenoxy) is 1. The van der Waals surface area contributed by atoms with Crippen molar-refractivity contribution >= 4 is 39.1 Å². The lowest BCUT2D eigenvalue weighted by molar-refractivity contribution is -0.119. The van der Waals surface area contributed by atoms with Crippen LogP contribution in [-0.2, 0) is 9.53 Å². The Hall–Kier alpha value is -2.74. The van der Waals surface area contributed by atoms with Crippen molar-refractivity contribution in [3.63, 3.8) is 0 Å². The van der Waals surface area contributed by atoms with Gasteiger partial charge in [0, 0.05) is 22.6 Å². The Bertz CT molecular complexity index is 968. The predicted molar refractivity (Wildman–Crippen MR) is 95.5 cm³/mol. The number of amides is 1. The Balaban J connectivity index is 1.67. The van der Waals surface area contributed by atoms with Gasteiger partial charge in [0.15, 0.2) is 12.3 Å². The van der Waals surface area contributed by atoms with Crippen LogP contribution in [0.3, 0.4) is 0 Å². The number of esters is 1. The first-order chi connectivity index (χ1) is 12.0. The first kappa shape index (κ1) is 17.1. The van der Waals surface area contributed by atoms with Crippen LogP contribution < -0.4 is 5.32 Å². The Morgan fingerprint density at radius 3 is 2.88 bits per heavy atom. The SMILES string of the molecule is Cc1cc(Br)ccc1NC(=O)COC(=O)c1c(C)nn2cccnc12. The second-order valence-electron chi connectivity index (χ2n) is 5.43. The van der Waals surface area contributed by atoms with Gasteiger partial charge in [-0.15, -0.1) is 0 Å². The normalized spacial score (nSPS) is 10.7. The highest BCUT2D eigenvalue weighted by atomic mass is 79.9. The quantitative estimate of drug-likeness (QED) is 0.678. The van der Waals surface area contributed by atoms with Gasteiger partial charge in [0.1, 0.15) is 5.56 Å². The topological polar surface area (TPSA) is 85.6 Å². The molecule has 0 saturated heterocycles. The van der Waals surface area contributed by atoms with Crippen LogP contribution in [0.25, 0.3) is 5.65 Å². The minimum absolute atomic E-state index is 0.258. The monoisotopic (exact) mass is 402 g/mol. The number of fused-ring (bicyclic) bond motifs is 1. The van der Waals surface area contributed by atoms with Gasteiger partial charge >= 0.3 is 5.97 Å². The molecule has 128 valence electrons. The summed E-state index contributed by atoms with van der Waals surface area (Å²) in [5.41, 5.74) is 2.71. The van der Waals surface area contributed by atoms with Gasteiger partial charge < -0.3 is 10.1 Å². The molecule has 2 heterocycles. The highest BCUT2D eigenvalue weighted by Crippen LogP contribution is 2.20. The summed E-state index contributed by atoms with van der Waals surface area (Å²) >= 11 is 3.36. The molecular weight excluding hydrogens is 388 g/mol. The van der Waals surface area contributed by atoms with Crippen molar-refractivity contribution < 1.29 is 14.3 Å². The molecule has 8 heteroatoms. The van der Waals surface area contributed by atoms with Crippen LogP contribution in [0.2, 0.25) is 0 Å². The second-order valence-corrected chi connectivity index (χ2v) is 6.35. The van der Waals surface area contributed by atoms with E-state index >= 15 is 0 Å². The van der Waals surface area contributed by atoms with E-state index in [2.05, 4.69) is 31.3 Å². The molecule has 0 saturated carbocycles. The summed E-state index contributed by atoms with van der Waals surface area (Å²) in [5, 5.41) is 6.91. The van der Waals surface area contributed by atoms with Crippen molar-refractivity contribution in [3.8, 4) is 0 Å². The van der Waals surface area contributed by atoms with E-state index in [1.54, 1.807) is 31.5 Å². The molecule has 0 aliphatic heterocycles. The molecule has 0 bridgehead atoms. The number of carbonyl (C=O) groups is 2. The first-order valence-electron chi connectivity index (χ1n) is 7.49. The number of halogens is 1. The number of carbonyl (C=O) groups excluding carboxylic acids is 2. The maximum absolute atomic E-state index is 12.3. The van der Waals surface area contributed by atoms with E-state index < -0.39 is 18.5 Å². The summed E-state index contributed by atoms with van der Waals surface area (Å²) in [5.74, 6) is -1.05. The average Bonchev–Trinajstić information content (AvgIpc) is 2.91. The number of aromatic nitrogens is 3. The Morgan fingerprint density at radius 1 is 1.32 bits per heavy atom. The van der Waals surface area contributed by atoms with Gasteiger partial charge in [-0.1, -0.05) is 15.9 Å². The number of benzene rings is 1. The molecule has 1 amide bonds. The van der Waals surface area contributed by atoms with Gasteiger partial charge in [-0.25, -0.2) is 14.3 Å². The van der Waals surface area contributed by atoms with Crippen molar-refractivity contribution in [2.45, 2.75) is 13.8 Å². The van der Waals surface area contributed by atoms with E-state index in [9.17, 15) is 9.59 Å². The molecule has 1 aromatic carbocycles. The highest BCUT2D eigenvalue weighted by Gasteiger charge is 2.20. The van der Waals surface area contributed by atoms with E-state index in [0.717, 1.165) is 10.0 Å². The molecule has 3 aromatic rings. The number of hydrogen-bond donors (Lipinski definition) is 1. The lowest BCUT2D eigenvalue weighted by atomic mass is 10.2. The third kappa shape index (κ3) is 3.69. The molecule has 0 unspecified atom stereocenters. The fraction of sp³-hybridized carbons (Fsp3) is 0.176. The van der Waals surface area contributed by atoms with Crippen molar-refractivity contribution in [3.05, 3.63) is 58.0 Å². The van der Waals surface area contributed by atoms with Gasteiger partial charge in [0.25, 0.3) is 5.91 Å². The van der Waals surface area contributed by atoms with Crippen LogP contribution in [0, 0.1) is 13.8 Å². The summed E-state index contributed by atoms with van der Waals surface area (Å²) in [6.07, 6.45) is 3.26. The minimum Gasteiger partial charge on any atom is -0.452 e. The number of hydrogen-bond acceptors (Lipinski definition) is 5. The van der Waals surface area contributed by atoms with Gasteiger partial charge in [-0.05, 0) is 43.7 Å². The highest BCUT2D eigenvalue weighted by molar-refractivity contribution is 9.10. The summed E-state index contributed by atoms with van der Waals surface area (Å²) in [6.45, 7) is 3.18. The largest absolute Gasteiger partial charge is 0.452 e. The van der Waals surface area contributed by atoms with Crippen molar-refractivity contribution in [1.29, 1.82) is 0 Å². The maximum atomic E-state index is 12.3. The predicted octanol–water partition coefficient (Wildman–Crippen LogP) is 2.90. The van der Waals surface area contributed by atoms with Crippen molar-refractivity contribution in [2.24, 2.45) is 0 Å². The Morgan fingerprint density at radius 2 is 2.12 bits per heavy atom. The fourth-order valence-electron chi connectivity index (χ4n) is 2.39. The van der Waals surface area contributed by atoms with E-state index in [4.69, 9.17) is 4.74 Å². The molecule has 0 spiro atoms. The molecule has 0 aliphatic rings. The summed E-state index contributed by atoms with van der Waals surface area (Å²) in [4.78, 5) is 28.5. The van der Waals surface area contributed by atoms with Gasteiger partial charge in [0.05, 0.1) is 5.69 Å². The number of anilines is 1. The molecule has 25 heavy (non-hydrogen) atoms.